The van der Waals surface area contributed by atoms with Gasteiger partial charge in [-0.2, -0.15) is 26.3 Å². The summed E-state index contributed by atoms with van der Waals surface area (Å²) in [6.45, 7) is 0.431. The van der Waals surface area contributed by atoms with Crippen LogP contribution < -0.4 is 5.32 Å². The molecule has 1 N–H and O–H groups in total. The fraction of sp³-hybridized carbons (Fsp3) is 1.00. The highest BCUT2D eigenvalue weighted by Gasteiger charge is 2.59. The average Bonchev–Trinajstić information content (AvgIpc) is 2.00. The molecule has 1 aliphatic rings. The van der Waals surface area contributed by atoms with Gasteiger partial charge >= 0.3 is 12.4 Å². The summed E-state index contributed by atoms with van der Waals surface area (Å²) in [5.74, 6) is -4.52. The van der Waals surface area contributed by atoms with Gasteiger partial charge in [0.1, 0.15) is 0 Å². The van der Waals surface area contributed by atoms with E-state index >= 15 is 0 Å². The summed E-state index contributed by atoms with van der Waals surface area (Å²) < 4.78 is 73.6. The molecular weight excluding hydrogens is 224 g/mol. The Bertz CT molecular complexity index is 188. The lowest BCUT2D eigenvalue weighted by molar-refractivity contribution is -0.300. The fourth-order valence-electron chi connectivity index (χ4n) is 1.90. The zero-order valence-electron chi connectivity index (χ0n) is 7.75. The van der Waals surface area contributed by atoms with Gasteiger partial charge in [-0.25, -0.2) is 0 Å². The molecule has 1 fully saturated rings. The maximum Gasteiger partial charge on any atom is 0.400 e. The third kappa shape index (κ3) is 3.25. The summed E-state index contributed by atoms with van der Waals surface area (Å²) in [4.78, 5) is 0. The third-order valence-electron chi connectivity index (χ3n) is 2.56. The highest BCUT2D eigenvalue weighted by molar-refractivity contribution is 4.85. The molecule has 0 amide bonds. The lowest BCUT2D eigenvalue weighted by Gasteiger charge is -2.33. The Kier molecular flexibility index (Phi) is 3.52. The molecule has 1 saturated heterocycles. The smallest absolute Gasteiger partial charge is 0.317 e. The van der Waals surface area contributed by atoms with Crippen molar-refractivity contribution in [2.24, 2.45) is 11.8 Å². The Morgan fingerprint density at radius 1 is 0.867 bits per heavy atom. The first kappa shape index (κ1) is 12.6. The summed E-state index contributed by atoms with van der Waals surface area (Å²) in [5.41, 5.74) is 0. The summed E-state index contributed by atoms with van der Waals surface area (Å²) in [6, 6.07) is 0. The third-order valence-corrected chi connectivity index (χ3v) is 2.56. The van der Waals surface area contributed by atoms with Gasteiger partial charge in [-0.05, 0) is 31.8 Å². The van der Waals surface area contributed by atoms with Crippen molar-refractivity contribution in [3.8, 4) is 0 Å². The van der Waals surface area contributed by atoms with Crippen molar-refractivity contribution >= 4 is 0 Å². The number of piperidine rings is 1. The van der Waals surface area contributed by atoms with Crippen molar-refractivity contribution in [2.75, 3.05) is 13.1 Å². The summed E-state index contributed by atoms with van der Waals surface area (Å²) >= 11 is 0. The number of rotatable bonds is 1. The standard InChI is InChI=1S/C8H11F6N/c9-7(10,11)6(8(12,13)14)5-1-3-15-4-2-5/h5-6,15H,1-4H2. The van der Waals surface area contributed by atoms with Crippen molar-refractivity contribution in [3.63, 3.8) is 0 Å². The number of hydrogen-bond acceptors (Lipinski definition) is 1. The van der Waals surface area contributed by atoms with Crippen molar-refractivity contribution in [3.05, 3.63) is 0 Å². The molecule has 0 aromatic rings. The fourth-order valence-corrected chi connectivity index (χ4v) is 1.90. The molecule has 0 radical (unpaired) electrons. The van der Waals surface area contributed by atoms with Crippen molar-refractivity contribution in [2.45, 2.75) is 25.2 Å². The van der Waals surface area contributed by atoms with Crippen molar-refractivity contribution < 1.29 is 26.3 Å². The van der Waals surface area contributed by atoms with Gasteiger partial charge in [0.2, 0.25) is 0 Å². The second-order valence-electron chi connectivity index (χ2n) is 3.65. The zero-order chi connectivity index (χ0) is 11.7. The van der Waals surface area contributed by atoms with Gasteiger partial charge in [-0.15, -0.1) is 0 Å². The molecular formula is C8H11F6N. The Hall–Kier alpha value is -0.460. The highest BCUT2D eigenvalue weighted by Crippen LogP contribution is 2.46. The first-order valence-corrected chi connectivity index (χ1v) is 4.57. The van der Waals surface area contributed by atoms with Gasteiger partial charge in [0, 0.05) is 0 Å². The molecule has 1 rings (SSSR count). The van der Waals surface area contributed by atoms with E-state index in [0.29, 0.717) is 0 Å². The quantitative estimate of drug-likeness (QED) is 0.689. The van der Waals surface area contributed by atoms with E-state index in [2.05, 4.69) is 5.32 Å². The Balaban J connectivity index is 2.80. The molecule has 0 atom stereocenters. The van der Waals surface area contributed by atoms with Gasteiger partial charge in [0.15, 0.2) is 5.92 Å². The second kappa shape index (κ2) is 4.19. The molecule has 0 aromatic carbocycles. The predicted octanol–water partition coefficient (Wildman–Crippen LogP) is 2.73. The van der Waals surface area contributed by atoms with E-state index < -0.39 is 24.2 Å². The van der Waals surface area contributed by atoms with Crippen LogP contribution in [0, 0.1) is 11.8 Å². The second-order valence-corrected chi connectivity index (χ2v) is 3.65. The first-order valence-electron chi connectivity index (χ1n) is 4.57. The van der Waals surface area contributed by atoms with Crippen LogP contribution in [0.15, 0.2) is 0 Å². The summed E-state index contributed by atoms with van der Waals surface area (Å²) in [7, 11) is 0. The van der Waals surface area contributed by atoms with Crippen LogP contribution in [0.1, 0.15) is 12.8 Å². The normalized spacial score (nSPS) is 21.0. The molecule has 15 heavy (non-hydrogen) atoms. The molecule has 0 saturated carbocycles. The van der Waals surface area contributed by atoms with Gasteiger partial charge in [-0.1, -0.05) is 0 Å². The maximum absolute atomic E-state index is 12.3. The molecule has 0 bridgehead atoms. The SMILES string of the molecule is FC(F)(F)C(C1CCNCC1)C(F)(F)F. The van der Waals surface area contributed by atoms with E-state index in [0.717, 1.165) is 0 Å². The molecule has 0 unspecified atom stereocenters. The molecule has 1 nitrogen and oxygen atoms in total. The van der Waals surface area contributed by atoms with E-state index in [4.69, 9.17) is 0 Å². The van der Waals surface area contributed by atoms with Crippen LogP contribution in [0.2, 0.25) is 0 Å². The summed E-state index contributed by atoms with van der Waals surface area (Å²) in [5, 5.41) is 2.74. The van der Waals surface area contributed by atoms with E-state index in [-0.39, 0.29) is 25.9 Å². The van der Waals surface area contributed by atoms with Crippen LogP contribution >= 0.6 is 0 Å². The maximum atomic E-state index is 12.3. The topological polar surface area (TPSA) is 12.0 Å². The molecule has 7 heteroatoms. The number of nitrogens with one attached hydrogen (secondary N) is 1. The zero-order valence-corrected chi connectivity index (χ0v) is 7.75. The van der Waals surface area contributed by atoms with E-state index in [1.807, 2.05) is 0 Å². The molecule has 0 spiro atoms. The van der Waals surface area contributed by atoms with Crippen LogP contribution in [0.3, 0.4) is 0 Å². The number of alkyl halides is 6. The lowest BCUT2D eigenvalue weighted by atomic mass is 9.84. The van der Waals surface area contributed by atoms with Gasteiger partial charge < -0.3 is 5.32 Å². The van der Waals surface area contributed by atoms with Gasteiger partial charge in [0.25, 0.3) is 0 Å². The Labute approximate surface area is 82.8 Å². The molecule has 1 aliphatic heterocycles. The molecule has 90 valence electrons. The van der Waals surface area contributed by atoms with Crippen LogP contribution in [-0.2, 0) is 0 Å². The van der Waals surface area contributed by atoms with E-state index in [9.17, 15) is 26.3 Å². The lowest BCUT2D eigenvalue weighted by Crippen LogP contribution is -2.45. The Morgan fingerprint density at radius 3 is 1.60 bits per heavy atom. The van der Waals surface area contributed by atoms with Crippen LogP contribution in [-0.4, -0.2) is 25.4 Å². The monoisotopic (exact) mass is 235 g/mol. The minimum atomic E-state index is -5.19. The molecule has 1 heterocycles. The highest BCUT2D eigenvalue weighted by atomic mass is 19.4. The molecule has 0 aromatic heterocycles. The minimum absolute atomic E-state index is 0.0797. The summed E-state index contributed by atoms with van der Waals surface area (Å²) in [6.07, 6.45) is -10.5. The van der Waals surface area contributed by atoms with E-state index in [1.165, 1.54) is 0 Å². The van der Waals surface area contributed by atoms with Crippen molar-refractivity contribution in [1.82, 2.24) is 5.32 Å². The number of hydrogen-bond donors (Lipinski definition) is 1. The number of halogens is 6. The van der Waals surface area contributed by atoms with Crippen LogP contribution in [0.4, 0.5) is 26.3 Å². The van der Waals surface area contributed by atoms with Crippen LogP contribution in [0.5, 0.6) is 0 Å². The predicted molar refractivity (Wildman–Crippen MR) is 41.2 cm³/mol. The van der Waals surface area contributed by atoms with Crippen LogP contribution in [0.25, 0.3) is 0 Å². The average molecular weight is 235 g/mol. The van der Waals surface area contributed by atoms with E-state index in [1.54, 1.807) is 0 Å². The molecule has 0 aliphatic carbocycles. The van der Waals surface area contributed by atoms with Crippen molar-refractivity contribution in [1.29, 1.82) is 0 Å². The Morgan fingerprint density at radius 2 is 1.27 bits per heavy atom. The first-order chi connectivity index (χ1) is 6.73. The van der Waals surface area contributed by atoms with Gasteiger partial charge in [-0.3, -0.25) is 0 Å². The van der Waals surface area contributed by atoms with Gasteiger partial charge in [0.05, 0.1) is 0 Å². The minimum Gasteiger partial charge on any atom is -0.317 e. The largest absolute Gasteiger partial charge is 0.400 e.